The van der Waals surface area contributed by atoms with E-state index in [1.165, 1.54) is 0 Å². The standard InChI is InChI=1S/C12H16N2O4/c1-8-5-10(13-18-8)6-11(15)14-4-2-3-9(7-14)12(16)17/h5,9H,2-4,6-7H2,1H3,(H,16,17). The number of hydrogen-bond donors (Lipinski definition) is 1. The van der Waals surface area contributed by atoms with Crippen LogP contribution in [0.1, 0.15) is 24.3 Å². The van der Waals surface area contributed by atoms with Crippen LogP contribution in [0.15, 0.2) is 10.6 Å². The molecule has 0 bridgehead atoms. The summed E-state index contributed by atoms with van der Waals surface area (Å²) in [5.74, 6) is -0.694. The van der Waals surface area contributed by atoms with Crippen LogP contribution in [0.2, 0.25) is 0 Å². The number of aliphatic carboxylic acids is 1. The van der Waals surface area contributed by atoms with Crippen LogP contribution < -0.4 is 0 Å². The molecule has 0 saturated carbocycles. The number of carbonyl (C=O) groups excluding carboxylic acids is 1. The van der Waals surface area contributed by atoms with Crippen molar-refractivity contribution in [2.45, 2.75) is 26.2 Å². The van der Waals surface area contributed by atoms with E-state index in [0.29, 0.717) is 31.0 Å². The second-order valence-corrected chi connectivity index (χ2v) is 4.62. The molecule has 18 heavy (non-hydrogen) atoms. The number of nitrogens with zero attached hydrogens (tertiary/aromatic N) is 2. The minimum Gasteiger partial charge on any atom is -0.481 e. The van der Waals surface area contributed by atoms with Crippen molar-refractivity contribution in [2.75, 3.05) is 13.1 Å². The fourth-order valence-electron chi connectivity index (χ4n) is 2.17. The number of carbonyl (C=O) groups is 2. The molecule has 1 aromatic heterocycles. The number of aryl methyl sites for hydroxylation is 1. The average Bonchev–Trinajstić information content (AvgIpc) is 2.75. The Kier molecular flexibility index (Phi) is 3.64. The van der Waals surface area contributed by atoms with E-state index < -0.39 is 11.9 Å². The zero-order chi connectivity index (χ0) is 13.1. The number of likely N-dealkylation sites (tertiary alicyclic amines) is 1. The molecule has 1 unspecified atom stereocenters. The highest BCUT2D eigenvalue weighted by molar-refractivity contribution is 5.79. The summed E-state index contributed by atoms with van der Waals surface area (Å²) in [5.41, 5.74) is 0.593. The molecule has 1 aromatic rings. The first-order valence-electron chi connectivity index (χ1n) is 5.99. The van der Waals surface area contributed by atoms with Gasteiger partial charge in [-0.1, -0.05) is 5.16 Å². The van der Waals surface area contributed by atoms with E-state index in [-0.39, 0.29) is 12.3 Å². The summed E-state index contributed by atoms with van der Waals surface area (Å²) >= 11 is 0. The minimum absolute atomic E-state index is 0.0887. The van der Waals surface area contributed by atoms with E-state index in [1.54, 1.807) is 17.9 Å². The molecule has 1 saturated heterocycles. The molecule has 98 valence electrons. The SMILES string of the molecule is Cc1cc(CC(=O)N2CCCC(C(=O)O)C2)no1. The molecule has 2 rings (SSSR count). The summed E-state index contributed by atoms with van der Waals surface area (Å²) < 4.78 is 4.90. The monoisotopic (exact) mass is 252 g/mol. The van der Waals surface area contributed by atoms with Gasteiger partial charge in [-0.15, -0.1) is 0 Å². The Morgan fingerprint density at radius 1 is 1.61 bits per heavy atom. The second kappa shape index (κ2) is 5.20. The van der Waals surface area contributed by atoms with Gasteiger partial charge in [0.05, 0.1) is 18.0 Å². The molecule has 0 radical (unpaired) electrons. The highest BCUT2D eigenvalue weighted by Gasteiger charge is 2.28. The van der Waals surface area contributed by atoms with Crippen LogP contribution in [0.3, 0.4) is 0 Å². The predicted octanol–water partition coefficient (Wildman–Crippen LogP) is 0.849. The van der Waals surface area contributed by atoms with Crippen LogP contribution in [0, 0.1) is 12.8 Å². The van der Waals surface area contributed by atoms with Crippen molar-refractivity contribution >= 4 is 11.9 Å². The molecule has 0 aromatic carbocycles. The van der Waals surface area contributed by atoms with Gasteiger partial charge in [0.25, 0.3) is 0 Å². The smallest absolute Gasteiger partial charge is 0.308 e. The van der Waals surface area contributed by atoms with Crippen LogP contribution in [-0.4, -0.2) is 40.1 Å². The molecule has 1 aliphatic heterocycles. The molecule has 1 atom stereocenters. The zero-order valence-electron chi connectivity index (χ0n) is 10.3. The first kappa shape index (κ1) is 12.6. The van der Waals surface area contributed by atoms with E-state index >= 15 is 0 Å². The maximum Gasteiger partial charge on any atom is 0.308 e. The Bertz CT molecular complexity index is 455. The number of amides is 1. The van der Waals surface area contributed by atoms with Crippen molar-refractivity contribution in [1.29, 1.82) is 0 Å². The predicted molar refractivity (Wildman–Crippen MR) is 61.9 cm³/mol. The Morgan fingerprint density at radius 2 is 2.39 bits per heavy atom. The fraction of sp³-hybridized carbons (Fsp3) is 0.583. The number of rotatable bonds is 3. The third-order valence-corrected chi connectivity index (χ3v) is 3.13. The number of hydrogen-bond acceptors (Lipinski definition) is 4. The van der Waals surface area contributed by atoms with Gasteiger partial charge >= 0.3 is 5.97 Å². The summed E-state index contributed by atoms with van der Waals surface area (Å²) in [7, 11) is 0. The summed E-state index contributed by atoms with van der Waals surface area (Å²) in [6.45, 7) is 2.69. The molecule has 1 N–H and O–H groups in total. The van der Waals surface area contributed by atoms with Crippen LogP contribution in [0.4, 0.5) is 0 Å². The largest absolute Gasteiger partial charge is 0.481 e. The van der Waals surface area contributed by atoms with E-state index in [9.17, 15) is 9.59 Å². The average molecular weight is 252 g/mol. The van der Waals surface area contributed by atoms with Crippen molar-refractivity contribution < 1.29 is 19.2 Å². The number of carboxylic acid groups (broad SMARTS) is 1. The molecule has 2 heterocycles. The van der Waals surface area contributed by atoms with Gasteiger partial charge in [-0.05, 0) is 19.8 Å². The molecular formula is C12H16N2O4. The van der Waals surface area contributed by atoms with Gasteiger partial charge in [-0.25, -0.2) is 0 Å². The van der Waals surface area contributed by atoms with E-state index in [4.69, 9.17) is 9.63 Å². The molecule has 1 amide bonds. The second-order valence-electron chi connectivity index (χ2n) is 4.62. The Morgan fingerprint density at radius 3 is 3.00 bits per heavy atom. The van der Waals surface area contributed by atoms with E-state index in [0.717, 1.165) is 6.42 Å². The molecule has 6 nitrogen and oxygen atoms in total. The lowest BCUT2D eigenvalue weighted by atomic mass is 9.98. The molecular weight excluding hydrogens is 236 g/mol. The van der Waals surface area contributed by atoms with Gasteiger partial charge in [0.15, 0.2) is 0 Å². The van der Waals surface area contributed by atoms with E-state index in [1.807, 2.05) is 0 Å². The topological polar surface area (TPSA) is 83.6 Å². The van der Waals surface area contributed by atoms with Crippen molar-refractivity contribution in [3.63, 3.8) is 0 Å². The normalized spacial score (nSPS) is 19.8. The third kappa shape index (κ3) is 2.88. The molecule has 6 heteroatoms. The molecule has 1 fully saturated rings. The fourth-order valence-corrected chi connectivity index (χ4v) is 2.17. The third-order valence-electron chi connectivity index (χ3n) is 3.13. The maximum atomic E-state index is 12.0. The van der Waals surface area contributed by atoms with E-state index in [2.05, 4.69) is 5.16 Å². The lowest BCUT2D eigenvalue weighted by Crippen LogP contribution is -2.43. The van der Waals surface area contributed by atoms with Crippen molar-refractivity contribution in [3.8, 4) is 0 Å². The highest BCUT2D eigenvalue weighted by Crippen LogP contribution is 2.17. The van der Waals surface area contributed by atoms with Crippen LogP contribution in [0.5, 0.6) is 0 Å². The van der Waals surface area contributed by atoms with Gasteiger partial charge in [0.2, 0.25) is 5.91 Å². The molecule has 0 aliphatic carbocycles. The molecule has 0 spiro atoms. The van der Waals surface area contributed by atoms with Gasteiger partial charge in [-0.3, -0.25) is 9.59 Å². The zero-order valence-corrected chi connectivity index (χ0v) is 10.3. The Hall–Kier alpha value is -1.85. The highest BCUT2D eigenvalue weighted by atomic mass is 16.5. The van der Waals surface area contributed by atoms with Crippen LogP contribution in [-0.2, 0) is 16.0 Å². The summed E-state index contributed by atoms with van der Waals surface area (Å²) in [6, 6.07) is 1.72. The minimum atomic E-state index is -0.829. The quantitative estimate of drug-likeness (QED) is 0.862. The Labute approximate surface area is 105 Å². The summed E-state index contributed by atoms with van der Waals surface area (Å²) in [4.78, 5) is 24.5. The Balaban J connectivity index is 1.94. The van der Waals surface area contributed by atoms with Crippen LogP contribution >= 0.6 is 0 Å². The van der Waals surface area contributed by atoms with Gasteiger partial charge in [-0.2, -0.15) is 0 Å². The van der Waals surface area contributed by atoms with Crippen LogP contribution in [0.25, 0.3) is 0 Å². The van der Waals surface area contributed by atoms with Gasteiger partial charge in [0, 0.05) is 19.2 Å². The number of aromatic nitrogens is 1. The lowest BCUT2D eigenvalue weighted by molar-refractivity contribution is -0.145. The number of piperidine rings is 1. The first-order valence-corrected chi connectivity index (χ1v) is 5.99. The van der Waals surface area contributed by atoms with Gasteiger partial charge < -0.3 is 14.5 Å². The van der Waals surface area contributed by atoms with Crippen molar-refractivity contribution in [1.82, 2.24) is 10.1 Å². The lowest BCUT2D eigenvalue weighted by Gasteiger charge is -2.30. The maximum absolute atomic E-state index is 12.0. The van der Waals surface area contributed by atoms with Crippen molar-refractivity contribution in [3.05, 3.63) is 17.5 Å². The summed E-state index contributed by atoms with van der Waals surface area (Å²) in [6.07, 6.45) is 1.55. The van der Waals surface area contributed by atoms with Gasteiger partial charge in [0.1, 0.15) is 5.76 Å². The van der Waals surface area contributed by atoms with Crippen molar-refractivity contribution in [2.24, 2.45) is 5.92 Å². The molecule has 1 aliphatic rings. The number of carboxylic acids is 1. The first-order chi connectivity index (χ1) is 8.56. The summed E-state index contributed by atoms with van der Waals surface area (Å²) in [5, 5.41) is 12.7.